The molecule has 0 spiro atoms. The van der Waals surface area contributed by atoms with E-state index < -0.39 is 34.4 Å². The number of carboxylic acid groups (broad SMARTS) is 1. The molecule has 0 saturated carbocycles. The maximum absolute atomic E-state index is 12.2. The van der Waals surface area contributed by atoms with Crippen LogP contribution in [0.5, 0.6) is 11.5 Å². The third-order valence-corrected chi connectivity index (χ3v) is 4.60. The van der Waals surface area contributed by atoms with Gasteiger partial charge >= 0.3 is 5.97 Å². The first-order valence-corrected chi connectivity index (χ1v) is 7.94. The number of carboxylic acids is 1. The average molecular weight is 347 g/mol. The van der Waals surface area contributed by atoms with Gasteiger partial charge in [-0.3, -0.25) is 9.59 Å². The lowest BCUT2D eigenvalue weighted by Gasteiger charge is -2.30. The van der Waals surface area contributed by atoms with E-state index in [0.717, 1.165) is 24.1 Å². The Balaban J connectivity index is 2.08. The predicted octanol–water partition coefficient (Wildman–Crippen LogP) is 2.83. The number of aromatic hydroxyl groups is 2. The lowest BCUT2D eigenvalue weighted by molar-refractivity contribution is -0.125. The first-order valence-electron chi connectivity index (χ1n) is 7.94. The van der Waals surface area contributed by atoms with Gasteiger partial charge in [0.1, 0.15) is 17.0 Å². The van der Waals surface area contributed by atoms with E-state index in [4.69, 9.17) is 5.11 Å². The van der Waals surface area contributed by atoms with Gasteiger partial charge in [0.05, 0.1) is 0 Å². The minimum absolute atomic E-state index is 0.00526. The zero-order chi connectivity index (χ0) is 18.8. The molecular formula is C18H21NO6. The number of nitrogens with one attached hydrogen (secondary N) is 1. The van der Waals surface area contributed by atoms with Crippen molar-refractivity contribution in [3.63, 3.8) is 0 Å². The summed E-state index contributed by atoms with van der Waals surface area (Å²) in [6.07, 6.45) is 3.39. The van der Waals surface area contributed by atoms with Gasteiger partial charge in [-0.05, 0) is 44.4 Å². The lowest BCUT2D eigenvalue weighted by Crippen LogP contribution is -2.31. The molecule has 1 aliphatic carbocycles. The number of phenols is 2. The molecule has 1 aromatic rings. The zero-order valence-corrected chi connectivity index (χ0v) is 14.1. The van der Waals surface area contributed by atoms with E-state index in [1.165, 1.54) is 0 Å². The molecule has 0 radical (unpaired) electrons. The van der Waals surface area contributed by atoms with E-state index in [1.807, 2.05) is 13.8 Å². The fourth-order valence-electron chi connectivity index (χ4n) is 2.78. The molecule has 134 valence electrons. The molecule has 0 bridgehead atoms. The summed E-state index contributed by atoms with van der Waals surface area (Å²) in [5.74, 6) is -3.06. The van der Waals surface area contributed by atoms with Gasteiger partial charge in [-0.2, -0.15) is 0 Å². The molecule has 1 aliphatic rings. The first-order chi connectivity index (χ1) is 11.6. The van der Waals surface area contributed by atoms with E-state index >= 15 is 0 Å². The van der Waals surface area contributed by atoms with Gasteiger partial charge in [0.2, 0.25) is 5.91 Å². The Hall–Kier alpha value is -2.83. The van der Waals surface area contributed by atoms with Gasteiger partial charge in [-0.25, -0.2) is 4.79 Å². The fourth-order valence-corrected chi connectivity index (χ4v) is 2.78. The van der Waals surface area contributed by atoms with Crippen molar-refractivity contribution < 1.29 is 29.7 Å². The van der Waals surface area contributed by atoms with Crippen LogP contribution in [0.25, 0.3) is 0 Å². The van der Waals surface area contributed by atoms with Gasteiger partial charge < -0.3 is 20.6 Å². The van der Waals surface area contributed by atoms with Gasteiger partial charge in [0.15, 0.2) is 11.5 Å². The number of hydrogen-bond donors (Lipinski definition) is 4. The highest BCUT2D eigenvalue weighted by molar-refractivity contribution is 6.00. The van der Waals surface area contributed by atoms with E-state index in [0.29, 0.717) is 12.8 Å². The number of anilines is 1. The van der Waals surface area contributed by atoms with Gasteiger partial charge in [-0.1, -0.05) is 12.5 Å². The molecule has 25 heavy (non-hydrogen) atoms. The van der Waals surface area contributed by atoms with Crippen LogP contribution in [0.1, 0.15) is 49.9 Å². The molecule has 0 fully saturated rings. The van der Waals surface area contributed by atoms with E-state index in [2.05, 4.69) is 5.32 Å². The summed E-state index contributed by atoms with van der Waals surface area (Å²) >= 11 is 0. The van der Waals surface area contributed by atoms with Crippen LogP contribution in [0.15, 0.2) is 23.8 Å². The Morgan fingerprint density at radius 3 is 2.56 bits per heavy atom. The third kappa shape index (κ3) is 3.99. The van der Waals surface area contributed by atoms with Gasteiger partial charge in [0, 0.05) is 11.8 Å². The summed E-state index contributed by atoms with van der Waals surface area (Å²) in [6.45, 7) is 3.71. The summed E-state index contributed by atoms with van der Waals surface area (Å²) in [4.78, 5) is 35.3. The Morgan fingerprint density at radius 2 is 1.96 bits per heavy atom. The minimum atomic E-state index is -1.38. The summed E-state index contributed by atoms with van der Waals surface area (Å²) in [5.41, 5.74) is -0.375. The van der Waals surface area contributed by atoms with Crippen molar-refractivity contribution in [2.24, 2.45) is 5.41 Å². The van der Waals surface area contributed by atoms with Crippen LogP contribution < -0.4 is 5.32 Å². The first kappa shape index (κ1) is 18.5. The summed E-state index contributed by atoms with van der Waals surface area (Å²) in [6, 6.07) is 2.12. The van der Waals surface area contributed by atoms with Crippen molar-refractivity contribution >= 4 is 23.3 Å². The highest BCUT2D eigenvalue weighted by atomic mass is 16.4. The zero-order valence-electron chi connectivity index (χ0n) is 14.1. The van der Waals surface area contributed by atoms with Crippen molar-refractivity contribution in [2.75, 3.05) is 5.32 Å². The second-order valence-corrected chi connectivity index (χ2v) is 6.62. The number of benzene rings is 1. The summed E-state index contributed by atoms with van der Waals surface area (Å²) in [5, 5.41) is 31.0. The number of carbonyl (C=O) groups is 3. The minimum Gasteiger partial charge on any atom is -0.506 e. The lowest BCUT2D eigenvalue weighted by atomic mass is 9.73. The number of aromatic carboxylic acids is 1. The van der Waals surface area contributed by atoms with E-state index in [1.54, 1.807) is 6.08 Å². The average Bonchev–Trinajstić information content (AvgIpc) is 2.53. The van der Waals surface area contributed by atoms with Crippen molar-refractivity contribution in [3.8, 4) is 11.5 Å². The molecule has 1 amide bonds. The summed E-state index contributed by atoms with van der Waals surface area (Å²) in [7, 11) is 0. The van der Waals surface area contributed by atoms with Crippen molar-refractivity contribution in [3.05, 3.63) is 29.3 Å². The van der Waals surface area contributed by atoms with Crippen molar-refractivity contribution in [2.45, 2.75) is 39.5 Å². The van der Waals surface area contributed by atoms with Crippen LogP contribution in [0, 0.1) is 5.41 Å². The molecule has 7 heteroatoms. The number of amides is 1. The van der Waals surface area contributed by atoms with Crippen LogP contribution in [0.4, 0.5) is 5.69 Å². The normalized spacial score (nSPS) is 20.1. The van der Waals surface area contributed by atoms with Crippen LogP contribution in [-0.4, -0.2) is 33.0 Å². The highest BCUT2D eigenvalue weighted by Crippen LogP contribution is 2.38. The monoisotopic (exact) mass is 347 g/mol. The maximum Gasteiger partial charge on any atom is 0.339 e. The summed E-state index contributed by atoms with van der Waals surface area (Å²) < 4.78 is 0. The highest BCUT2D eigenvalue weighted by Gasteiger charge is 2.34. The molecular weight excluding hydrogens is 326 g/mol. The number of allylic oxidation sites excluding steroid dienone is 2. The molecule has 0 saturated heterocycles. The quantitative estimate of drug-likeness (QED) is 0.607. The molecule has 1 aromatic carbocycles. The smallest absolute Gasteiger partial charge is 0.339 e. The number of ketones is 1. The second kappa shape index (κ2) is 6.96. The molecule has 0 aromatic heterocycles. The van der Waals surface area contributed by atoms with Crippen LogP contribution in [0.3, 0.4) is 0 Å². The number of phenolic OH excluding ortho intramolecular Hbond substituents is 1. The van der Waals surface area contributed by atoms with Crippen LogP contribution in [0.2, 0.25) is 0 Å². The molecule has 7 nitrogen and oxygen atoms in total. The predicted molar refractivity (Wildman–Crippen MR) is 90.7 cm³/mol. The Labute approximate surface area is 145 Å². The number of rotatable bonds is 5. The molecule has 4 N–H and O–H groups in total. The molecule has 0 aliphatic heterocycles. The van der Waals surface area contributed by atoms with Crippen molar-refractivity contribution in [1.82, 2.24) is 0 Å². The molecule has 0 heterocycles. The van der Waals surface area contributed by atoms with Gasteiger partial charge in [-0.15, -0.1) is 0 Å². The number of carbonyl (C=O) groups excluding carboxylic acids is 2. The molecule has 0 unspecified atom stereocenters. The largest absolute Gasteiger partial charge is 0.506 e. The van der Waals surface area contributed by atoms with E-state index in [-0.39, 0.29) is 17.9 Å². The fraction of sp³-hybridized carbons (Fsp3) is 0.389. The van der Waals surface area contributed by atoms with Crippen molar-refractivity contribution in [1.29, 1.82) is 0 Å². The second-order valence-electron chi connectivity index (χ2n) is 6.62. The molecule has 1 atom stereocenters. The standard InChI is InChI=1S/C18H21NO6/c1-10-5-7-18(2,13(21)9-10)8-6-14(22)19-15-12(20)4-3-11(16(15)23)17(24)25/h3-4,9,20,23H,5-8H2,1-2H3,(H,19,22)(H,24,25)/t18-/m1/s1. The van der Waals surface area contributed by atoms with E-state index in [9.17, 15) is 24.6 Å². The van der Waals surface area contributed by atoms with Crippen LogP contribution in [-0.2, 0) is 9.59 Å². The Morgan fingerprint density at radius 1 is 1.28 bits per heavy atom. The number of hydrogen-bond acceptors (Lipinski definition) is 5. The Kier molecular flexibility index (Phi) is 5.15. The molecule has 2 rings (SSSR count). The van der Waals surface area contributed by atoms with Crippen LogP contribution >= 0.6 is 0 Å². The Bertz CT molecular complexity index is 767. The van der Waals surface area contributed by atoms with Gasteiger partial charge in [0.25, 0.3) is 0 Å². The maximum atomic E-state index is 12.2. The third-order valence-electron chi connectivity index (χ3n) is 4.60. The topological polar surface area (TPSA) is 124 Å². The SMILES string of the molecule is CC1=CC(=O)[C@@](C)(CCC(=O)Nc2c(O)ccc(C(=O)O)c2O)CC1.